The third-order valence-electron chi connectivity index (χ3n) is 9.02. The Bertz CT molecular complexity index is 1520. The molecular weight excluding hydrogens is 678 g/mol. The summed E-state index contributed by atoms with van der Waals surface area (Å²) in [4.78, 5) is 0. The summed E-state index contributed by atoms with van der Waals surface area (Å²) in [5, 5.41) is 5.63. The molecule has 0 aromatic heterocycles. The van der Waals surface area contributed by atoms with Crippen molar-refractivity contribution in [3.63, 3.8) is 0 Å². The van der Waals surface area contributed by atoms with E-state index in [1.165, 1.54) is 66.2 Å². The van der Waals surface area contributed by atoms with Gasteiger partial charge >= 0.3 is 0 Å². The van der Waals surface area contributed by atoms with Crippen LogP contribution >= 0.6 is 15.8 Å². The van der Waals surface area contributed by atoms with E-state index in [2.05, 4.69) is 141 Å². The summed E-state index contributed by atoms with van der Waals surface area (Å²) < 4.78 is 11.6. The molecule has 2 aliphatic rings. The van der Waals surface area contributed by atoms with E-state index in [4.69, 9.17) is 9.47 Å². The van der Waals surface area contributed by atoms with Crippen LogP contribution in [0.5, 0.6) is 11.5 Å². The molecule has 4 aromatic carbocycles. The van der Waals surface area contributed by atoms with Crippen LogP contribution in [-0.4, -0.2) is 19.9 Å². The monoisotopic (exact) mass is 726 g/mol. The Morgan fingerprint density at radius 1 is 0.510 bits per heavy atom. The average Bonchev–Trinajstić information content (AvgIpc) is 3.79. The molecule has 2 nitrogen and oxygen atoms in total. The standard InChI is InChI=1S/C39H43O2P2.C5H5.Fe/c1-25-15-10-12-18-35(25)42(36-19-13-11-16-26(36)2)31(7)34-17-14-20-37(34)43(32-21-27(3)38(40-8)28(4)22-32)33-23-29(5)39(41-9)30(6)24-33;1-2-4-5-3-1;/h10-24,31H,1-9H3;1-5H;. The van der Waals surface area contributed by atoms with E-state index in [0.29, 0.717) is 5.66 Å². The fourth-order valence-corrected chi connectivity index (χ4v) is 12.8. The fourth-order valence-electron chi connectivity index (χ4n) is 6.84. The van der Waals surface area contributed by atoms with Crippen molar-refractivity contribution < 1.29 is 26.5 Å². The van der Waals surface area contributed by atoms with Crippen LogP contribution in [0, 0.1) is 104 Å². The predicted octanol–water partition coefficient (Wildman–Crippen LogP) is 9.26. The number of aryl methyl sites for hydroxylation is 6. The molecule has 0 N–H and O–H groups in total. The molecule has 2 aliphatic carbocycles. The zero-order valence-electron chi connectivity index (χ0n) is 30.2. The van der Waals surface area contributed by atoms with Crippen molar-refractivity contribution >= 4 is 37.1 Å². The van der Waals surface area contributed by atoms with E-state index >= 15 is 0 Å². The summed E-state index contributed by atoms with van der Waals surface area (Å²) in [6, 6.07) is 27.3. The second-order valence-corrected chi connectivity index (χ2v) is 17.2. The molecule has 4 aromatic rings. The Morgan fingerprint density at radius 3 is 1.27 bits per heavy atom. The molecule has 1 unspecified atom stereocenters. The number of ether oxygens (including phenoxy) is 2. The molecule has 5 heteroatoms. The van der Waals surface area contributed by atoms with Crippen molar-refractivity contribution in [3.8, 4) is 11.5 Å². The average molecular weight is 727 g/mol. The third kappa shape index (κ3) is 9.03. The summed E-state index contributed by atoms with van der Waals surface area (Å²) in [6.07, 6.45) is 17.0. The zero-order valence-corrected chi connectivity index (χ0v) is 33.1. The number of hydrogen-bond acceptors (Lipinski definition) is 2. The minimum Gasteiger partial charge on any atom is -0.496 e. The van der Waals surface area contributed by atoms with E-state index in [1.54, 1.807) is 14.2 Å². The molecule has 254 valence electrons. The first-order valence-corrected chi connectivity index (χ1v) is 19.3. The van der Waals surface area contributed by atoms with Crippen LogP contribution in [0.2, 0.25) is 0 Å². The van der Waals surface area contributed by atoms with E-state index in [9.17, 15) is 0 Å². The van der Waals surface area contributed by atoms with Gasteiger partial charge in [0.25, 0.3) is 0 Å². The molecule has 2 saturated carbocycles. The van der Waals surface area contributed by atoms with Crippen LogP contribution in [0.25, 0.3) is 0 Å². The largest absolute Gasteiger partial charge is 0.496 e. The summed E-state index contributed by atoms with van der Waals surface area (Å²) in [7, 11) is 2.04. The Balaban J connectivity index is 0.000000826. The smallest absolute Gasteiger partial charge is 0.124 e. The van der Waals surface area contributed by atoms with E-state index < -0.39 is 15.8 Å². The van der Waals surface area contributed by atoms with Gasteiger partial charge in [0.2, 0.25) is 0 Å². The van der Waals surface area contributed by atoms with Gasteiger partial charge in [-0.3, -0.25) is 0 Å². The molecule has 0 heterocycles. The van der Waals surface area contributed by atoms with E-state index in [-0.39, 0.29) is 17.1 Å². The molecule has 0 aliphatic heterocycles. The van der Waals surface area contributed by atoms with Gasteiger partial charge in [-0.05, 0) is 199 Å². The van der Waals surface area contributed by atoms with Crippen LogP contribution in [0.4, 0.5) is 0 Å². The molecule has 0 bridgehead atoms. The van der Waals surface area contributed by atoms with Crippen molar-refractivity contribution in [2.75, 3.05) is 14.2 Å². The molecule has 49 heavy (non-hydrogen) atoms. The molecule has 6 rings (SSSR count). The zero-order chi connectivity index (χ0) is 34.4. The Hall–Kier alpha value is -2.14. The van der Waals surface area contributed by atoms with Crippen LogP contribution in [0.15, 0.2) is 72.8 Å². The first-order chi connectivity index (χ1) is 23.2. The number of benzene rings is 4. The van der Waals surface area contributed by atoms with Gasteiger partial charge in [0.1, 0.15) is 11.5 Å². The number of rotatable bonds is 9. The van der Waals surface area contributed by atoms with Crippen molar-refractivity contribution in [2.24, 2.45) is 0 Å². The summed E-state index contributed by atoms with van der Waals surface area (Å²) in [5.74, 6) is 3.39. The summed E-state index contributed by atoms with van der Waals surface area (Å²) >= 11 is 0. The molecule has 1 atom stereocenters. The molecular formula is C44H48FeO2P2. The third-order valence-corrected chi connectivity index (χ3v) is 14.6. The minimum atomic E-state index is -0.840. The van der Waals surface area contributed by atoms with Crippen LogP contribution in [0.3, 0.4) is 0 Å². The van der Waals surface area contributed by atoms with Crippen LogP contribution < -0.4 is 30.7 Å². The molecule has 0 spiro atoms. The minimum absolute atomic E-state index is 0. The maximum atomic E-state index is 5.78. The fraction of sp³-hybridized carbons (Fsp3) is 0.227. The second kappa shape index (κ2) is 18.4. The first-order valence-electron chi connectivity index (χ1n) is 16.6. The van der Waals surface area contributed by atoms with Gasteiger partial charge < -0.3 is 9.47 Å². The number of hydrogen-bond donors (Lipinski definition) is 0. The van der Waals surface area contributed by atoms with E-state index in [0.717, 1.165) is 11.5 Å². The van der Waals surface area contributed by atoms with E-state index in [1.807, 2.05) is 32.1 Å². The second-order valence-electron chi connectivity index (χ2n) is 12.5. The van der Waals surface area contributed by atoms with Gasteiger partial charge in [-0.2, -0.15) is 0 Å². The van der Waals surface area contributed by atoms with Gasteiger partial charge in [-0.1, -0.05) is 55.5 Å². The van der Waals surface area contributed by atoms with Crippen molar-refractivity contribution in [2.45, 2.75) is 54.1 Å². The van der Waals surface area contributed by atoms with Gasteiger partial charge in [0.15, 0.2) is 0 Å². The van der Waals surface area contributed by atoms with Crippen LogP contribution in [0.1, 0.15) is 40.3 Å². The van der Waals surface area contributed by atoms with Crippen LogP contribution in [-0.2, 0) is 17.1 Å². The molecule has 2 fully saturated rings. The maximum Gasteiger partial charge on any atom is 0.124 e. The topological polar surface area (TPSA) is 18.5 Å². The van der Waals surface area contributed by atoms with Crippen molar-refractivity contribution in [3.05, 3.63) is 169 Å². The molecule has 0 saturated heterocycles. The number of methoxy groups -OCH3 is 2. The predicted molar refractivity (Wildman–Crippen MR) is 210 cm³/mol. The first kappa shape index (κ1) is 39.6. The molecule has 10 radical (unpaired) electrons. The Morgan fingerprint density at radius 2 is 0.898 bits per heavy atom. The normalized spacial score (nSPS) is 15.6. The van der Waals surface area contributed by atoms with Gasteiger partial charge in [0.05, 0.1) is 14.2 Å². The van der Waals surface area contributed by atoms with Gasteiger partial charge in [-0.15, -0.1) is 0 Å². The maximum absolute atomic E-state index is 5.78. The van der Waals surface area contributed by atoms with Gasteiger partial charge in [-0.25, -0.2) is 0 Å². The quantitative estimate of drug-likeness (QED) is 0.127. The van der Waals surface area contributed by atoms with Crippen molar-refractivity contribution in [1.29, 1.82) is 0 Å². The molecule has 0 amide bonds. The van der Waals surface area contributed by atoms with Crippen molar-refractivity contribution in [1.82, 2.24) is 0 Å². The Labute approximate surface area is 311 Å². The summed E-state index contributed by atoms with van der Waals surface area (Å²) in [6.45, 7) is 15.6. The summed E-state index contributed by atoms with van der Waals surface area (Å²) in [5.41, 5.74) is 9.19. The SMILES string of the molecule is COc1c(C)cc(P([C]2[CH][CH][CH][C]2C(C)P(c2ccccc2C)c2ccccc2C)c2cc(C)c(OC)c(C)c2)cc1C.[CH]1[CH][CH][CH][CH]1.[Fe]. The Kier molecular flexibility index (Phi) is 14.9. The van der Waals surface area contributed by atoms with Gasteiger partial charge in [0, 0.05) is 22.7 Å².